The molecule has 1 aliphatic carbocycles. The van der Waals surface area contributed by atoms with Gasteiger partial charge in [-0.3, -0.25) is 0 Å². The van der Waals surface area contributed by atoms with Gasteiger partial charge in [-0.2, -0.15) is 0 Å². The van der Waals surface area contributed by atoms with Crippen LogP contribution in [-0.4, -0.2) is 16.5 Å². The summed E-state index contributed by atoms with van der Waals surface area (Å²) in [6.07, 6.45) is 4.43. The molecule has 0 amide bonds. The minimum absolute atomic E-state index is 0.0340. The summed E-state index contributed by atoms with van der Waals surface area (Å²) in [4.78, 5) is 7.83. The third-order valence-electron chi connectivity index (χ3n) is 2.34. The number of aromatic nitrogens is 2. The van der Waals surface area contributed by atoms with Crippen molar-refractivity contribution in [3.8, 4) is 0 Å². The fourth-order valence-electron chi connectivity index (χ4n) is 1.26. The van der Waals surface area contributed by atoms with Gasteiger partial charge >= 0.3 is 0 Å². The molecule has 2 N–H and O–H groups in total. The zero-order valence-corrected chi connectivity index (χ0v) is 6.63. The van der Waals surface area contributed by atoms with E-state index in [-0.39, 0.29) is 5.41 Å². The van der Waals surface area contributed by atoms with Crippen molar-refractivity contribution in [2.24, 2.45) is 5.73 Å². The number of nitrogens with two attached hydrogens (primary N) is 1. The van der Waals surface area contributed by atoms with Crippen molar-refractivity contribution in [1.29, 1.82) is 0 Å². The van der Waals surface area contributed by atoms with Crippen LogP contribution in [0.5, 0.6) is 0 Å². The first kappa shape index (κ1) is 7.61. The van der Waals surface area contributed by atoms with Crippen molar-refractivity contribution in [1.82, 2.24) is 9.97 Å². The van der Waals surface area contributed by atoms with E-state index in [9.17, 15) is 4.39 Å². The molecule has 0 bridgehead atoms. The lowest BCUT2D eigenvalue weighted by atomic mass is 10.1. The van der Waals surface area contributed by atoms with E-state index in [1.54, 1.807) is 0 Å². The molecule has 0 spiro atoms. The number of nitrogens with zero attached hydrogens (tertiary/aromatic N) is 2. The molecule has 1 aromatic heterocycles. The number of halogens is 1. The van der Waals surface area contributed by atoms with E-state index in [2.05, 4.69) is 9.97 Å². The second kappa shape index (κ2) is 2.48. The topological polar surface area (TPSA) is 51.8 Å². The maximum atomic E-state index is 12.4. The molecular weight excluding hydrogens is 157 g/mol. The Labute approximate surface area is 69.8 Å². The van der Waals surface area contributed by atoms with Crippen LogP contribution >= 0.6 is 0 Å². The van der Waals surface area contributed by atoms with Gasteiger partial charge in [0.05, 0.1) is 12.4 Å². The first-order valence-corrected chi connectivity index (χ1v) is 3.95. The molecule has 1 fully saturated rings. The molecule has 1 heterocycles. The third kappa shape index (κ3) is 1.08. The van der Waals surface area contributed by atoms with Crippen molar-refractivity contribution in [3.63, 3.8) is 0 Å². The second-order valence-corrected chi connectivity index (χ2v) is 3.21. The minimum Gasteiger partial charge on any atom is -0.329 e. The smallest absolute Gasteiger partial charge is 0.159 e. The molecule has 64 valence electrons. The standard InChI is InChI=1S/C8H10FN3/c9-6-3-11-7(12-4-6)8(5-10)1-2-8/h3-4H,1-2,5,10H2. The lowest BCUT2D eigenvalue weighted by Gasteiger charge is -2.08. The molecule has 12 heavy (non-hydrogen) atoms. The molecule has 0 aliphatic heterocycles. The fourth-order valence-corrected chi connectivity index (χ4v) is 1.26. The van der Waals surface area contributed by atoms with Crippen molar-refractivity contribution in [3.05, 3.63) is 24.0 Å². The van der Waals surface area contributed by atoms with Crippen molar-refractivity contribution >= 4 is 0 Å². The third-order valence-corrected chi connectivity index (χ3v) is 2.34. The molecule has 1 aromatic rings. The highest BCUT2D eigenvalue weighted by Crippen LogP contribution is 2.45. The molecule has 4 heteroatoms. The molecule has 1 saturated carbocycles. The van der Waals surface area contributed by atoms with Gasteiger partial charge in [0.1, 0.15) is 5.82 Å². The Kier molecular flexibility index (Phi) is 1.58. The van der Waals surface area contributed by atoms with Crippen molar-refractivity contribution in [2.45, 2.75) is 18.3 Å². The van der Waals surface area contributed by atoms with Gasteiger partial charge < -0.3 is 5.73 Å². The predicted molar refractivity (Wildman–Crippen MR) is 42.0 cm³/mol. The van der Waals surface area contributed by atoms with Crippen LogP contribution in [0.4, 0.5) is 4.39 Å². The normalized spacial score (nSPS) is 19.2. The van der Waals surface area contributed by atoms with E-state index in [0.29, 0.717) is 12.4 Å². The van der Waals surface area contributed by atoms with Crippen LogP contribution in [0.3, 0.4) is 0 Å². The van der Waals surface area contributed by atoms with Crippen LogP contribution in [0.1, 0.15) is 18.7 Å². The lowest BCUT2D eigenvalue weighted by molar-refractivity contribution is 0.588. The van der Waals surface area contributed by atoms with E-state index in [0.717, 1.165) is 12.8 Å². The maximum absolute atomic E-state index is 12.4. The highest BCUT2D eigenvalue weighted by atomic mass is 19.1. The largest absolute Gasteiger partial charge is 0.329 e. The Morgan fingerprint density at radius 2 is 2.00 bits per heavy atom. The van der Waals surface area contributed by atoms with Crippen LogP contribution in [0.25, 0.3) is 0 Å². The van der Waals surface area contributed by atoms with Gasteiger partial charge in [0.15, 0.2) is 5.82 Å². The molecule has 0 saturated heterocycles. The Morgan fingerprint density at radius 1 is 1.42 bits per heavy atom. The Bertz CT molecular complexity index is 279. The van der Waals surface area contributed by atoms with Crippen LogP contribution in [0.15, 0.2) is 12.4 Å². The minimum atomic E-state index is -0.397. The summed E-state index contributed by atoms with van der Waals surface area (Å²) in [7, 11) is 0. The molecule has 1 aliphatic rings. The van der Waals surface area contributed by atoms with E-state index < -0.39 is 5.82 Å². The van der Waals surface area contributed by atoms with Gasteiger partial charge in [-0.15, -0.1) is 0 Å². The van der Waals surface area contributed by atoms with Crippen LogP contribution in [0, 0.1) is 5.82 Å². The zero-order chi connectivity index (χ0) is 8.60. The molecule has 3 nitrogen and oxygen atoms in total. The van der Waals surface area contributed by atoms with E-state index in [1.165, 1.54) is 12.4 Å². The van der Waals surface area contributed by atoms with Gasteiger partial charge in [0.2, 0.25) is 0 Å². The summed E-state index contributed by atoms with van der Waals surface area (Å²) in [6.45, 7) is 0.554. The van der Waals surface area contributed by atoms with Crippen LogP contribution in [0.2, 0.25) is 0 Å². The first-order chi connectivity index (χ1) is 5.77. The molecular formula is C8H10FN3. The second-order valence-electron chi connectivity index (χ2n) is 3.21. The van der Waals surface area contributed by atoms with Crippen LogP contribution < -0.4 is 5.73 Å². The summed E-state index contributed by atoms with van der Waals surface area (Å²) in [6, 6.07) is 0. The highest BCUT2D eigenvalue weighted by molar-refractivity contribution is 5.18. The summed E-state index contributed by atoms with van der Waals surface area (Å²) >= 11 is 0. The number of hydrogen-bond donors (Lipinski definition) is 1. The zero-order valence-electron chi connectivity index (χ0n) is 6.63. The average molecular weight is 167 g/mol. The van der Waals surface area contributed by atoms with Gasteiger partial charge in [-0.25, -0.2) is 14.4 Å². The van der Waals surface area contributed by atoms with Gasteiger partial charge in [-0.1, -0.05) is 0 Å². The summed E-state index contributed by atoms with van der Waals surface area (Å²) in [5.41, 5.74) is 5.53. The number of rotatable bonds is 2. The summed E-state index contributed by atoms with van der Waals surface area (Å²) in [5.74, 6) is 0.290. The summed E-state index contributed by atoms with van der Waals surface area (Å²) < 4.78 is 12.4. The van der Waals surface area contributed by atoms with Crippen molar-refractivity contribution in [2.75, 3.05) is 6.54 Å². The first-order valence-electron chi connectivity index (χ1n) is 3.95. The van der Waals surface area contributed by atoms with Crippen molar-refractivity contribution < 1.29 is 4.39 Å². The fraction of sp³-hybridized carbons (Fsp3) is 0.500. The monoisotopic (exact) mass is 167 g/mol. The molecule has 2 rings (SSSR count). The van der Waals surface area contributed by atoms with E-state index in [4.69, 9.17) is 5.73 Å². The molecule has 0 radical (unpaired) electrons. The average Bonchev–Trinajstić information content (AvgIpc) is 2.86. The Hall–Kier alpha value is -1.03. The quantitative estimate of drug-likeness (QED) is 0.702. The maximum Gasteiger partial charge on any atom is 0.159 e. The van der Waals surface area contributed by atoms with Crippen LogP contribution in [-0.2, 0) is 5.41 Å². The van der Waals surface area contributed by atoms with E-state index in [1.807, 2.05) is 0 Å². The molecule has 0 aromatic carbocycles. The highest BCUT2D eigenvalue weighted by Gasteiger charge is 2.45. The molecule has 0 unspecified atom stereocenters. The Balaban J connectivity index is 2.29. The lowest BCUT2D eigenvalue weighted by Crippen LogP contribution is -2.22. The predicted octanol–water partition coefficient (Wildman–Crippen LogP) is 0.606. The SMILES string of the molecule is NCC1(c2ncc(F)cn2)CC1. The van der Waals surface area contributed by atoms with Gasteiger partial charge in [0.25, 0.3) is 0 Å². The molecule has 0 atom stereocenters. The Morgan fingerprint density at radius 3 is 2.42 bits per heavy atom. The van der Waals surface area contributed by atoms with Gasteiger partial charge in [0, 0.05) is 12.0 Å². The summed E-state index contributed by atoms with van der Waals surface area (Å²) in [5, 5.41) is 0. The van der Waals surface area contributed by atoms with Gasteiger partial charge in [-0.05, 0) is 12.8 Å². The number of hydrogen-bond acceptors (Lipinski definition) is 3. The van der Waals surface area contributed by atoms with E-state index >= 15 is 0 Å².